The molecule has 0 saturated carbocycles. The summed E-state index contributed by atoms with van der Waals surface area (Å²) in [5.74, 6) is -0.309. The minimum Gasteiger partial charge on any atom is -0.463 e. The van der Waals surface area contributed by atoms with E-state index in [2.05, 4.69) is 11.9 Å². The van der Waals surface area contributed by atoms with Gasteiger partial charge in [-0.1, -0.05) is 19.4 Å². The highest BCUT2D eigenvalue weighted by Crippen LogP contribution is 2.01. The van der Waals surface area contributed by atoms with Crippen molar-refractivity contribution < 1.29 is 9.53 Å². The molecule has 0 aromatic carbocycles. The summed E-state index contributed by atoms with van der Waals surface area (Å²) in [5, 5.41) is 0. The number of rotatable bonds is 5. The van der Waals surface area contributed by atoms with Crippen LogP contribution < -0.4 is 0 Å². The van der Waals surface area contributed by atoms with Gasteiger partial charge in [-0.05, 0) is 31.1 Å². The molecule has 0 bridgehead atoms. The lowest BCUT2D eigenvalue weighted by Crippen LogP contribution is -2.01. The Morgan fingerprint density at radius 3 is 2.94 bits per heavy atom. The molecule has 0 radical (unpaired) electrons. The molecular weight excluding hydrogens is 202 g/mol. The topological polar surface area (TPSA) is 39.2 Å². The molecule has 1 rings (SSSR count). The zero-order valence-corrected chi connectivity index (χ0v) is 9.77. The first-order valence-electron chi connectivity index (χ1n) is 5.50. The number of nitrogens with zero attached hydrogens (tertiary/aromatic N) is 1. The Morgan fingerprint density at radius 1 is 1.50 bits per heavy atom. The number of ether oxygens (including phenoxy) is 1. The van der Waals surface area contributed by atoms with Crippen LogP contribution in [0, 0.1) is 6.92 Å². The number of pyridine rings is 1. The number of aryl methyl sites for hydroxylation is 1. The van der Waals surface area contributed by atoms with Crippen molar-refractivity contribution in [3.05, 3.63) is 35.7 Å². The van der Waals surface area contributed by atoms with Gasteiger partial charge in [0.1, 0.15) is 0 Å². The van der Waals surface area contributed by atoms with E-state index in [0.29, 0.717) is 6.61 Å². The summed E-state index contributed by atoms with van der Waals surface area (Å²) in [4.78, 5) is 15.4. The van der Waals surface area contributed by atoms with E-state index in [1.165, 1.54) is 6.08 Å². The highest BCUT2D eigenvalue weighted by molar-refractivity contribution is 5.86. The lowest BCUT2D eigenvalue weighted by atomic mass is 10.2. The maximum absolute atomic E-state index is 11.2. The maximum atomic E-state index is 11.2. The van der Waals surface area contributed by atoms with Gasteiger partial charge in [-0.15, -0.1) is 0 Å². The third-order valence-corrected chi connectivity index (χ3v) is 2.07. The summed E-state index contributed by atoms with van der Waals surface area (Å²) < 4.78 is 4.97. The van der Waals surface area contributed by atoms with Gasteiger partial charge in [0, 0.05) is 12.3 Å². The third-order valence-electron chi connectivity index (χ3n) is 2.07. The van der Waals surface area contributed by atoms with Crippen LogP contribution in [0.1, 0.15) is 31.0 Å². The van der Waals surface area contributed by atoms with Gasteiger partial charge in [-0.2, -0.15) is 0 Å². The predicted octanol–water partition coefficient (Wildman–Crippen LogP) is 2.75. The van der Waals surface area contributed by atoms with E-state index in [1.54, 1.807) is 12.3 Å². The molecule has 1 aromatic rings. The Bertz CT molecular complexity index is 355. The fraction of sp³-hybridized carbons (Fsp3) is 0.385. The number of carbonyl (C=O) groups is 1. The first kappa shape index (κ1) is 12.4. The number of carbonyl (C=O) groups excluding carboxylic acids is 1. The Labute approximate surface area is 96.2 Å². The minimum absolute atomic E-state index is 0.309. The molecular formula is C13H17NO2. The van der Waals surface area contributed by atoms with E-state index < -0.39 is 0 Å². The van der Waals surface area contributed by atoms with E-state index in [0.717, 1.165) is 24.1 Å². The molecule has 3 nitrogen and oxygen atoms in total. The first-order chi connectivity index (χ1) is 7.72. The monoisotopic (exact) mass is 219 g/mol. The molecule has 0 spiro atoms. The molecule has 1 heterocycles. The van der Waals surface area contributed by atoms with Gasteiger partial charge < -0.3 is 4.74 Å². The quantitative estimate of drug-likeness (QED) is 0.434. The van der Waals surface area contributed by atoms with Crippen LogP contribution in [0.4, 0.5) is 0 Å². The van der Waals surface area contributed by atoms with Crippen molar-refractivity contribution in [1.82, 2.24) is 4.98 Å². The van der Waals surface area contributed by atoms with Crippen molar-refractivity contribution >= 4 is 12.0 Å². The van der Waals surface area contributed by atoms with Gasteiger partial charge >= 0.3 is 5.97 Å². The van der Waals surface area contributed by atoms with Crippen molar-refractivity contribution in [3.8, 4) is 0 Å². The molecule has 16 heavy (non-hydrogen) atoms. The Kier molecular flexibility index (Phi) is 5.26. The standard InChI is InChI=1S/C13H17NO2/c1-3-4-9-16-13(15)8-7-12-6-5-11(2)10-14-12/h5-8,10H,3-4,9H2,1-2H3/b8-7+. The fourth-order valence-electron chi connectivity index (χ4n) is 1.10. The second-order valence-electron chi connectivity index (χ2n) is 3.61. The van der Waals surface area contributed by atoms with Gasteiger partial charge in [-0.25, -0.2) is 4.79 Å². The molecule has 86 valence electrons. The summed E-state index contributed by atoms with van der Waals surface area (Å²) in [6.07, 6.45) is 6.77. The van der Waals surface area contributed by atoms with Gasteiger partial charge in [-0.3, -0.25) is 4.98 Å². The summed E-state index contributed by atoms with van der Waals surface area (Å²) in [6, 6.07) is 3.82. The molecule has 0 saturated heterocycles. The number of esters is 1. The molecule has 3 heteroatoms. The number of aromatic nitrogens is 1. The second-order valence-corrected chi connectivity index (χ2v) is 3.61. The van der Waals surface area contributed by atoms with E-state index in [4.69, 9.17) is 4.74 Å². The second kappa shape index (κ2) is 6.77. The number of hydrogen-bond donors (Lipinski definition) is 0. The highest BCUT2D eigenvalue weighted by atomic mass is 16.5. The average molecular weight is 219 g/mol. The minimum atomic E-state index is -0.309. The maximum Gasteiger partial charge on any atom is 0.330 e. The van der Waals surface area contributed by atoms with Crippen LogP contribution in [-0.2, 0) is 9.53 Å². The van der Waals surface area contributed by atoms with Crippen LogP contribution in [0.2, 0.25) is 0 Å². The van der Waals surface area contributed by atoms with E-state index in [-0.39, 0.29) is 5.97 Å². The zero-order chi connectivity index (χ0) is 11.8. The van der Waals surface area contributed by atoms with Gasteiger partial charge in [0.15, 0.2) is 0 Å². The summed E-state index contributed by atoms with van der Waals surface area (Å²) >= 11 is 0. The van der Waals surface area contributed by atoms with Crippen LogP contribution >= 0.6 is 0 Å². The Hall–Kier alpha value is -1.64. The van der Waals surface area contributed by atoms with Gasteiger partial charge in [0.25, 0.3) is 0 Å². The van der Waals surface area contributed by atoms with Crippen LogP contribution in [0.5, 0.6) is 0 Å². The van der Waals surface area contributed by atoms with Crippen molar-refractivity contribution in [1.29, 1.82) is 0 Å². The van der Waals surface area contributed by atoms with Crippen molar-refractivity contribution in [2.75, 3.05) is 6.61 Å². The van der Waals surface area contributed by atoms with Crippen molar-refractivity contribution in [3.63, 3.8) is 0 Å². The largest absolute Gasteiger partial charge is 0.463 e. The highest BCUT2D eigenvalue weighted by Gasteiger charge is 1.96. The number of hydrogen-bond acceptors (Lipinski definition) is 3. The smallest absolute Gasteiger partial charge is 0.330 e. The normalized spacial score (nSPS) is 10.6. The molecule has 0 N–H and O–H groups in total. The molecule has 0 fully saturated rings. The van der Waals surface area contributed by atoms with Crippen LogP contribution in [-0.4, -0.2) is 17.6 Å². The van der Waals surface area contributed by atoms with Crippen LogP contribution in [0.3, 0.4) is 0 Å². The van der Waals surface area contributed by atoms with Gasteiger partial charge in [0.05, 0.1) is 12.3 Å². The number of unbranched alkanes of at least 4 members (excludes halogenated alkanes) is 1. The van der Waals surface area contributed by atoms with E-state index in [9.17, 15) is 4.79 Å². The summed E-state index contributed by atoms with van der Waals surface area (Å²) in [6.45, 7) is 4.51. The fourth-order valence-corrected chi connectivity index (χ4v) is 1.10. The lowest BCUT2D eigenvalue weighted by Gasteiger charge is -1.99. The van der Waals surface area contributed by atoms with Gasteiger partial charge in [0.2, 0.25) is 0 Å². The molecule has 0 aliphatic rings. The van der Waals surface area contributed by atoms with E-state index in [1.807, 2.05) is 19.1 Å². The summed E-state index contributed by atoms with van der Waals surface area (Å²) in [5.41, 5.74) is 1.86. The predicted molar refractivity (Wildman–Crippen MR) is 63.9 cm³/mol. The SMILES string of the molecule is CCCCOC(=O)/C=C/c1ccc(C)cn1. The third kappa shape index (κ3) is 4.73. The Morgan fingerprint density at radius 2 is 2.31 bits per heavy atom. The average Bonchev–Trinajstić information content (AvgIpc) is 2.29. The molecule has 0 aliphatic heterocycles. The van der Waals surface area contributed by atoms with Crippen molar-refractivity contribution in [2.45, 2.75) is 26.7 Å². The molecule has 0 aliphatic carbocycles. The van der Waals surface area contributed by atoms with Crippen LogP contribution in [0.25, 0.3) is 6.08 Å². The summed E-state index contributed by atoms with van der Waals surface area (Å²) in [7, 11) is 0. The molecule has 0 amide bonds. The Balaban J connectivity index is 2.41. The molecule has 0 atom stereocenters. The van der Waals surface area contributed by atoms with Crippen molar-refractivity contribution in [2.24, 2.45) is 0 Å². The molecule has 1 aromatic heterocycles. The zero-order valence-electron chi connectivity index (χ0n) is 9.77. The first-order valence-corrected chi connectivity index (χ1v) is 5.50. The van der Waals surface area contributed by atoms with Crippen LogP contribution in [0.15, 0.2) is 24.4 Å². The lowest BCUT2D eigenvalue weighted by molar-refractivity contribution is -0.137. The van der Waals surface area contributed by atoms with E-state index >= 15 is 0 Å². The molecule has 0 unspecified atom stereocenters.